The molecular formula is C10H18O2. The first kappa shape index (κ1) is 9.72. The molecule has 0 aromatic heterocycles. The van der Waals surface area contributed by atoms with Crippen molar-refractivity contribution >= 4 is 5.78 Å². The average Bonchev–Trinajstić information content (AvgIpc) is 2.07. The average molecular weight is 170 g/mol. The van der Waals surface area contributed by atoms with Gasteiger partial charge < -0.3 is 4.74 Å². The van der Waals surface area contributed by atoms with Crippen LogP contribution in [0.4, 0.5) is 0 Å². The van der Waals surface area contributed by atoms with Gasteiger partial charge in [0.2, 0.25) is 0 Å². The topological polar surface area (TPSA) is 26.3 Å². The van der Waals surface area contributed by atoms with Crippen molar-refractivity contribution in [1.82, 2.24) is 0 Å². The molecule has 1 saturated heterocycles. The zero-order valence-electron chi connectivity index (χ0n) is 8.01. The van der Waals surface area contributed by atoms with Crippen LogP contribution in [-0.2, 0) is 9.53 Å². The van der Waals surface area contributed by atoms with Crippen LogP contribution in [0.5, 0.6) is 0 Å². The fourth-order valence-corrected chi connectivity index (χ4v) is 1.90. The van der Waals surface area contributed by atoms with E-state index in [0.717, 1.165) is 25.9 Å². The van der Waals surface area contributed by atoms with Gasteiger partial charge in [0.15, 0.2) is 0 Å². The standard InChI is InChI=1S/C10H18O2/c1-3-9(8(2)11)10-6-4-5-7-12-10/h9-10H,3-7H2,1-2H3. The van der Waals surface area contributed by atoms with Gasteiger partial charge in [-0.1, -0.05) is 6.92 Å². The van der Waals surface area contributed by atoms with E-state index in [1.165, 1.54) is 6.42 Å². The van der Waals surface area contributed by atoms with E-state index in [-0.39, 0.29) is 17.8 Å². The molecular weight excluding hydrogens is 152 g/mol. The maximum absolute atomic E-state index is 11.2. The van der Waals surface area contributed by atoms with Crippen molar-refractivity contribution in [2.45, 2.75) is 45.6 Å². The minimum Gasteiger partial charge on any atom is -0.377 e. The molecule has 0 aliphatic carbocycles. The quantitative estimate of drug-likeness (QED) is 0.649. The minimum absolute atomic E-state index is 0.144. The Balaban J connectivity index is 2.46. The van der Waals surface area contributed by atoms with Gasteiger partial charge in [0.25, 0.3) is 0 Å². The molecule has 1 rings (SSSR count). The SMILES string of the molecule is CCC(C(C)=O)C1CCCCO1. The summed E-state index contributed by atoms with van der Waals surface area (Å²) in [4.78, 5) is 11.2. The maximum Gasteiger partial charge on any atom is 0.135 e. The first-order valence-corrected chi connectivity index (χ1v) is 4.87. The highest BCUT2D eigenvalue weighted by Gasteiger charge is 2.26. The lowest BCUT2D eigenvalue weighted by Gasteiger charge is -2.28. The van der Waals surface area contributed by atoms with Crippen LogP contribution in [0.25, 0.3) is 0 Å². The van der Waals surface area contributed by atoms with Crippen molar-refractivity contribution < 1.29 is 9.53 Å². The molecule has 1 aliphatic heterocycles. The van der Waals surface area contributed by atoms with Gasteiger partial charge in [-0.05, 0) is 32.6 Å². The highest BCUT2D eigenvalue weighted by atomic mass is 16.5. The van der Waals surface area contributed by atoms with Crippen molar-refractivity contribution in [2.75, 3.05) is 6.61 Å². The Morgan fingerprint density at radius 3 is 2.75 bits per heavy atom. The highest BCUT2D eigenvalue weighted by Crippen LogP contribution is 2.22. The van der Waals surface area contributed by atoms with Crippen LogP contribution in [0.15, 0.2) is 0 Å². The highest BCUT2D eigenvalue weighted by molar-refractivity contribution is 5.78. The van der Waals surface area contributed by atoms with Gasteiger partial charge in [-0.25, -0.2) is 0 Å². The molecule has 0 aromatic carbocycles. The molecule has 1 heterocycles. The number of hydrogen-bond donors (Lipinski definition) is 0. The van der Waals surface area contributed by atoms with Crippen molar-refractivity contribution in [3.05, 3.63) is 0 Å². The molecule has 12 heavy (non-hydrogen) atoms. The number of ketones is 1. The first-order chi connectivity index (χ1) is 5.75. The van der Waals surface area contributed by atoms with E-state index in [2.05, 4.69) is 6.92 Å². The zero-order chi connectivity index (χ0) is 8.97. The van der Waals surface area contributed by atoms with Gasteiger partial charge in [0.05, 0.1) is 6.10 Å². The summed E-state index contributed by atoms with van der Waals surface area (Å²) in [5.41, 5.74) is 0. The number of rotatable bonds is 3. The summed E-state index contributed by atoms with van der Waals surface area (Å²) in [6.07, 6.45) is 4.57. The summed E-state index contributed by atoms with van der Waals surface area (Å²) < 4.78 is 5.57. The van der Waals surface area contributed by atoms with Crippen LogP contribution in [0, 0.1) is 5.92 Å². The van der Waals surface area contributed by atoms with Crippen LogP contribution in [-0.4, -0.2) is 18.5 Å². The van der Waals surface area contributed by atoms with E-state index in [1.807, 2.05) is 0 Å². The molecule has 0 saturated carbocycles. The van der Waals surface area contributed by atoms with E-state index >= 15 is 0 Å². The third kappa shape index (κ3) is 2.31. The summed E-state index contributed by atoms with van der Waals surface area (Å²) in [7, 11) is 0. The number of Topliss-reactive ketones (excluding diaryl/α,β-unsaturated/α-hetero) is 1. The fourth-order valence-electron chi connectivity index (χ4n) is 1.90. The van der Waals surface area contributed by atoms with Crippen molar-refractivity contribution in [2.24, 2.45) is 5.92 Å². The van der Waals surface area contributed by atoms with Crippen LogP contribution >= 0.6 is 0 Å². The molecule has 0 bridgehead atoms. The third-order valence-corrected chi connectivity index (χ3v) is 2.63. The summed E-state index contributed by atoms with van der Waals surface area (Å²) in [6.45, 7) is 4.57. The molecule has 70 valence electrons. The van der Waals surface area contributed by atoms with Gasteiger partial charge in [0, 0.05) is 12.5 Å². The minimum atomic E-state index is 0.144. The van der Waals surface area contributed by atoms with Crippen molar-refractivity contribution in [3.63, 3.8) is 0 Å². The monoisotopic (exact) mass is 170 g/mol. The van der Waals surface area contributed by atoms with E-state index in [0.29, 0.717) is 0 Å². The molecule has 0 radical (unpaired) electrons. The van der Waals surface area contributed by atoms with E-state index < -0.39 is 0 Å². The number of carbonyl (C=O) groups is 1. The number of hydrogen-bond acceptors (Lipinski definition) is 2. The molecule has 0 N–H and O–H groups in total. The summed E-state index contributed by atoms with van der Waals surface area (Å²) >= 11 is 0. The van der Waals surface area contributed by atoms with Gasteiger partial charge in [-0.15, -0.1) is 0 Å². The van der Waals surface area contributed by atoms with Gasteiger partial charge in [0.1, 0.15) is 5.78 Å². The molecule has 2 nitrogen and oxygen atoms in total. The normalized spacial score (nSPS) is 26.7. The molecule has 1 aliphatic rings. The maximum atomic E-state index is 11.2. The molecule has 0 aromatic rings. The van der Waals surface area contributed by atoms with Crippen molar-refractivity contribution in [3.8, 4) is 0 Å². The Morgan fingerprint density at radius 1 is 1.58 bits per heavy atom. The molecule has 1 fully saturated rings. The lowest BCUT2D eigenvalue weighted by Crippen LogP contribution is -2.31. The first-order valence-electron chi connectivity index (χ1n) is 4.87. The van der Waals surface area contributed by atoms with E-state index in [9.17, 15) is 4.79 Å². The Bertz CT molecular complexity index is 148. The second-order valence-electron chi connectivity index (χ2n) is 3.53. The number of carbonyl (C=O) groups excluding carboxylic acids is 1. The van der Waals surface area contributed by atoms with Crippen molar-refractivity contribution in [1.29, 1.82) is 0 Å². The van der Waals surface area contributed by atoms with E-state index in [4.69, 9.17) is 4.74 Å². The summed E-state index contributed by atoms with van der Waals surface area (Å²) in [5.74, 6) is 0.426. The van der Waals surface area contributed by atoms with Crippen LogP contribution in [0.2, 0.25) is 0 Å². The lowest BCUT2D eigenvalue weighted by molar-refractivity contribution is -0.127. The molecule has 0 amide bonds. The smallest absolute Gasteiger partial charge is 0.135 e. The molecule has 2 heteroatoms. The third-order valence-electron chi connectivity index (χ3n) is 2.63. The second kappa shape index (κ2) is 4.61. The number of ether oxygens (including phenoxy) is 1. The van der Waals surface area contributed by atoms with Crippen LogP contribution in [0.1, 0.15) is 39.5 Å². The summed E-state index contributed by atoms with van der Waals surface area (Å²) in [5, 5.41) is 0. The van der Waals surface area contributed by atoms with Crippen LogP contribution < -0.4 is 0 Å². The van der Waals surface area contributed by atoms with E-state index in [1.54, 1.807) is 6.92 Å². The van der Waals surface area contributed by atoms with Gasteiger partial charge >= 0.3 is 0 Å². The predicted molar refractivity (Wildman–Crippen MR) is 48.1 cm³/mol. The van der Waals surface area contributed by atoms with Gasteiger partial charge in [-0.3, -0.25) is 4.79 Å². The lowest BCUT2D eigenvalue weighted by atomic mass is 9.90. The Morgan fingerprint density at radius 2 is 2.33 bits per heavy atom. The molecule has 2 atom stereocenters. The Kier molecular flexibility index (Phi) is 3.73. The summed E-state index contributed by atoms with van der Waals surface area (Å²) in [6, 6.07) is 0. The largest absolute Gasteiger partial charge is 0.377 e. The van der Waals surface area contributed by atoms with Crippen LogP contribution in [0.3, 0.4) is 0 Å². The van der Waals surface area contributed by atoms with Gasteiger partial charge in [-0.2, -0.15) is 0 Å². The Labute approximate surface area is 74.3 Å². The fraction of sp³-hybridized carbons (Fsp3) is 0.900. The Hall–Kier alpha value is -0.370. The molecule has 0 spiro atoms. The predicted octanol–water partition coefficient (Wildman–Crippen LogP) is 2.17. The zero-order valence-corrected chi connectivity index (χ0v) is 8.01. The molecule has 2 unspecified atom stereocenters. The second-order valence-corrected chi connectivity index (χ2v) is 3.53.